The van der Waals surface area contributed by atoms with E-state index in [9.17, 15) is 0 Å². The molecule has 0 saturated heterocycles. The highest BCUT2D eigenvalue weighted by atomic mass is 35.5. The van der Waals surface area contributed by atoms with Crippen LogP contribution in [0.15, 0.2) is 75.7 Å². The molecule has 25 heavy (non-hydrogen) atoms. The summed E-state index contributed by atoms with van der Waals surface area (Å²) in [5, 5.41) is 4.54. The molecule has 2 aromatic heterocycles. The summed E-state index contributed by atoms with van der Waals surface area (Å²) in [6, 6.07) is 20.5. The Balaban J connectivity index is 1.48. The zero-order valence-electron chi connectivity index (χ0n) is 13.1. The number of furan rings is 1. The lowest BCUT2D eigenvalue weighted by molar-refractivity contribution is 0.270. The van der Waals surface area contributed by atoms with Gasteiger partial charge in [0.25, 0.3) is 5.89 Å². The van der Waals surface area contributed by atoms with Crippen molar-refractivity contribution in [1.82, 2.24) is 10.1 Å². The van der Waals surface area contributed by atoms with Crippen LogP contribution in [0.5, 0.6) is 5.75 Å². The highest BCUT2D eigenvalue weighted by molar-refractivity contribution is 6.32. The smallest absolute Gasteiger partial charge is 0.293 e. The first kappa shape index (κ1) is 15.5. The number of halogens is 1. The molecule has 2 heterocycles. The average Bonchev–Trinajstić information content (AvgIpc) is 3.31. The van der Waals surface area contributed by atoms with Crippen LogP contribution in [0, 0.1) is 0 Å². The van der Waals surface area contributed by atoms with E-state index in [1.807, 2.05) is 42.5 Å². The quantitative estimate of drug-likeness (QED) is 0.492. The summed E-state index contributed by atoms with van der Waals surface area (Å²) in [5.74, 6) is 2.57. The molecule has 0 N–H and O–H groups in total. The van der Waals surface area contributed by atoms with Gasteiger partial charge in [-0.1, -0.05) is 59.2 Å². The number of nitrogens with zero attached hydrogens (tertiary/aromatic N) is 2. The average molecular weight is 353 g/mol. The second-order valence-electron chi connectivity index (χ2n) is 5.27. The van der Waals surface area contributed by atoms with Crippen molar-refractivity contribution in [1.29, 1.82) is 0 Å². The number of ether oxygens (including phenoxy) is 1. The normalized spacial score (nSPS) is 10.8. The number of aromatic nitrogens is 2. The van der Waals surface area contributed by atoms with Gasteiger partial charge in [0.05, 0.1) is 5.02 Å². The second-order valence-corrected chi connectivity index (χ2v) is 5.68. The first-order valence-electron chi connectivity index (χ1n) is 7.65. The van der Waals surface area contributed by atoms with Crippen LogP contribution in [0.3, 0.4) is 0 Å². The molecule has 2 aromatic carbocycles. The molecule has 4 rings (SSSR count). The van der Waals surface area contributed by atoms with Crippen LogP contribution in [-0.4, -0.2) is 10.1 Å². The fraction of sp³-hybridized carbons (Fsp3) is 0.0526. The van der Waals surface area contributed by atoms with Crippen LogP contribution in [0.25, 0.3) is 23.0 Å². The third-order valence-electron chi connectivity index (χ3n) is 3.54. The van der Waals surface area contributed by atoms with Gasteiger partial charge in [-0.2, -0.15) is 4.98 Å². The van der Waals surface area contributed by atoms with E-state index in [-0.39, 0.29) is 6.61 Å². The molecule has 0 atom stereocenters. The van der Waals surface area contributed by atoms with E-state index in [1.54, 1.807) is 24.3 Å². The summed E-state index contributed by atoms with van der Waals surface area (Å²) in [5.41, 5.74) is 0.881. The number of hydrogen-bond acceptors (Lipinski definition) is 5. The minimum Gasteiger partial charge on any atom is -0.484 e. The largest absolute Gasteiger partial charge is 0.484 e. The van der Waals surface area contributed by atoms with Gasteiger partial charge in [-0.3, -0.25) is 0 Å². The van der Waals surface area contributed by atoms with E-state index in [4.69, 9.17) is 25.3 Å². The Morgan fingerprint density at radius 2 is 1.72 bits per heavy atom. The van der Waals surface area contributed by atoms with E-state index in [1.165, 1.54) is 0 Å². The van der Waals surface area contributed by atoms with Gasteiger partial charge in [-0.25, -0.2) is 0 Å². The molecule has 6 heteroatoms. The number of para-hydroxylation sites is 1. The van der Waals surface area contributed by atoms with Gasteiger partial charge in [0.2, 0.25) is 5.82 Å². The topological polar surface area (TPSA) is 61.3 Å². The molecule has 0 aliphatic carbocycles. The Morgan fingerprint density at radius 1 is 0.920 bits per heavy atom. The van der Waals surface area contributed by atoms with Gasteiger partial charge in [-0.15, -0.1) is 0 Å². The molecule has 0 amide bonds. The minimum absolute atomic E-state index is 0.253. The van der Waals surface area contributed by atoms with E-state index in [0.717, 1.165) is 5.56 Å². The van der Waals surface area contributed by atoms with Crippen LogP contribution < -0.4 is 4.74 Å². The molecule has 0 unspecified atom stereocenters. The van der Waals surface area contributed by atoms with Crippen LogP contribution in [0.2, 0.25) is 5.02 Å². The van der Waals surface area contributed by atoms with E-state index in [2.05, 4.69) is 10.1 Å². The molecular formula is C19H13ClN2O3. The van der Waals surface area contributed by atoms with E-state index in [0.29, 0.717) is 34.0 Å². The molecule has 0 aliphatic heterocycles. The van der Waals surface area contributed by atoms with Gasteiger partial charge in [-0.05, 0) is 24.3 Å². The lowest BCUT2D eigenvalue weighted by atomic mass is 10.2. The van der Waals surface area contributed by atoms with E-state index < -0.39 is 0 Å². The predicted octanol–water partition coefficient (Wildman–Crippen LogP) is 5.23. The van der Waals surface area contributed by atoms with Crippen molar-refractivity contribution in [2.75, 3.05) is 0 Å². The second kappa shape index (κ2) is 6.83. The zero-order valence-corrected chi connectivity index (χ0v) is 13.8. The minimum atomic E-state index is 0.253. The van der Waals surface area contributed by atoms with Crippen molar-refractivity contribution < 1.29 is 13.7 Å². The fourth-order valence-corrected chi connectivity index (χ4v) is 2.50. The lowest BCUT2D eigenvalue weighted by Crippen LogP contribution is -1.93. The van der Waals surface area contributed by atoms with Crippen molar-refractivity contribution in [3.8, 4) is 28.8 Å². The molecule has 0 aliphatic rings. The maximum atomic E-state index is 6.06. The Bertz CT molecular complexity index is 979. The highest BCUT2D eigenvalue weighted by Gasteiger charge is 2.14. The predicted molar refractivity (Wildman–Crippen MR) is 93.2 cm³/mol. The van der Waals surface area contributed by atoms with Crippen LogP contribution >= 0.6 is 11.6 Å². The maximum absolute atomic E-state index is 6.06. The standard InChI is InChI=1S/C19H13ClN2O3/c20-15-8-4-5-9-16(15)23-12-14-10-11-17(24-14)19-21-18(22-25-19)13-6-2-1-3-7-13/h1-11H,12H2. The Hall–Kier alpha value is -3.05. The highest BCUT2D eigenvalue weighted by Crippen LogP contribution is 2.26. The van der Waals surface area contributed by atoms with Crippen molar-refractivity contribution >= 4 is 11.6 Å². The first-order valence-corrected chi connectivity index (χ1v) is 8.03. The molecule has 0 bridgehead atoms. The summed E-state index contributed by atoms with van der Waals surface area (Å²) >= 11 is 6.06. The van der Waals surface area contributed by atoms with Gasteiger partial charge < -0.3 is 13.7 Å². The maximum Gasteiger partial charge on any atom is 0.293 e. The van der Waals surface area contributed by atoms with Crippen molar-refractivity contribution in [2.24, 2.45) is 0 Å². The molecule has 0 saturated carbocycles. The third kappa shape index (κ3) is 3.41. The van der Waals surface area contributed by atoms with Crippen molar-refractivity contribution in [3.05, 3.63) is 77.5 Å². The Labute approximate surface area is 148 Å². The van der Waals surface area contributed by atoms with Crippen LogP contribution in [-0.2, 0) is 6.61 Å². The molecule has 0 radical (unpaired) electrons. The summed E-state index contributed by atoms with van der Waals surface area (Å²) in [6.45, 7) is 0.253. The Kier molecular flexibility index (Phi) is 4.23. The van der Waals surface area contributed by atoms with Gasteiger partial charge >= 0.3 is 0 Å². The number of rotatable bonds is 5. The van der Waals surface area contributed by atoms with Crippen molar-refractivity contribution in [2.45, 2.75) is 6.61 Å². The summed E-state index contributed by atoms with van der Waals surface area (Å²) in [7, 11) is 0. The van der Waals surface area contributed by atoms with Gasteiger partial charge in [0.1, 0.15) is 18.1 Å². The molecule has 0 fully saturated rings. The number of hydrogen-bond donors (Lipinski definition) is 0. The van der Waals surface area contributed by atoms with Crippen LogP contribution in [0.4, 0.5) is 0 Å². The monoisotopic (exact) mass is 352 g/mol. The Morgan fingerprint density at radius 3 is 2.56 bits per heavy atom. The first-order chi connectivity index (χ1) is 12.3. The van der Waals surface area contributed by atoms with E-state index >= 15 is 0 Å². The molecule has 124 valence electrons. The number of benzene rings is 2. The molecule has 5 nitrogen and oxygen atoms in total. The van der Waals surface area contributed by atoms with Crippen molar-refractivity contribution in [3.63, 3.8) is 0 Å². The lowest BCUT2D eigenvalue weighted by Gasteiger charge is -2.05. The SMILES string of the molecule is Clc1ccccc1OCc1ccc(-c2nc(-c3ccccc3)no2)o1. The summed E-state index contributed by atoms with van der Waals surface area (Å²) in [4.78, 5) is 4.36. The summed E-state index contributed by atoms with van der Waals surface area (Å²) < 4.78 is 16.7. The zero-order chi connectivity index (χ0) is 17.1. The summed E-state index contributed by atoms with van der Waals surface area (Å²) in [6.07, 6.45) is 0. The fourth-order valence-electron chi connectivity index (χ4n) is 2.31. The third-order valence-corrected chi connectivity index (χ3v) is 3.85. The molecular weight excluding hydrogens is 340 g/mol. The van der Waals surface area contributed by atoms with Gasteiger partial charge in [0, 0.05) is 5.56 Å². The molecule has 0 spiro atoms. The van der Waals surface area contributed by atoms with Crippen LogP contribution in [0.1, 0.15) is 5.76 Å². The molecule has 4 aromatic rings. The van der Waals surface area contributed by atoms with Gasteiger partial charge in [0.15, 0.2) is 5.76 Å².